The first-order valence-electron chi connectivity index (χ1n) is 7.14. The zero-order valence-electron chi connectivity index (χ0n) is 12.7. The van der Waals surface area contributed by atoms with Gasteiger partial charge in [-0.05, 0) is 53.7 Å². The van der Waals surface area contributed by atoms with Gasteiger partial charge in [0.15, 0.2) is 4.32 Å². The predicted molar refractivity (Wildman–Crippen MR) is 105 cm³/mol. The molecule has 0 atom stereocenters. The van der Waals surface area contributed by atoms with E-state index in [0.29, 0.717) is 19.8 Å². The van der Waals surface area contributed by atoms with Gasteiger partial charge in [0.1, 0.15) is 0 Å². The van der Waals surface area contributed by atoms with Crippen LogP contribution in [0.3, 0.4) is 0 Å². The number of nitrogens with zero attached hydrogens (tertiary/aromatic N) is 3. The molecule has 0 radical (unpaired) electrons. The van der Waals surface area contributed by atoms with Crippen molar-refractivity contribution in [2.75, 3.05) is 0 Å². The molecule has 1 amide bonds. The molecule has 0 aromatic heterocycles. The molecule has 0 saturated carbocycles. The molecule has 3 rings (SSSR count). The SMILES string of the molecule is N#Cc1ccc(/C=C2/SC(=S)N(/N=C/c3ccc(Cl)cc3)C2=O)cc1. The van der Waals surface area contributed by atoms with E-state index in [2.05, 4.69) is 11.2 Å². The van der Waals surface area contributed by atoms with Crippen LogP contribution in [0, 0.1) is 11.3 Å². The number of amides is 1. The Morgan fingerprint density at radius 1 is 1.12 bits per heavy atom. The number of carbonyl (C=O) groups is 1. The predicted octanol–water partition coefficient (Wildman–Crippen LogP) is 4.45. The Hall–Kier alpha value is -2.46. The van der Waals surface area contributed by atoms with E-state index in [1.54, 1.807) is 60.8 Å². The molecule has 0 spiro atoms. The zero-order valence-corrected chi connectivity index (χ0v) is 15.1. The summed E-state index contributed by atoms with van der Waals surface area (Å²) in [6.45, 7) is 0. The summed E-state index contributed by atoms with van der Waals surface area (Å²) in [5.41, 5.74) is 2.20. The number of hydrogen-bond donors (Lipinski definition) is 0. The number of thiocarbonyl (C=S) groups is 1. The molecule has 0 unspecified atom stereocenters. The molecule has 1 fully saturated rings. The number of carbonyl (C=O) groups excluding carboxylic acids is 1. The molecule has 122 valence electrons. The normalized spacial score (nSPS) is 16.0. The molecule has 1 aliphatic rings. The molecule has 1 saturated heterocycles. The van der Waals surface area contributed by atoms with Gasteiger partial charge in [-0.1, -0.05) is 47.6 Å². The van der Waals surface area contributed by atoms with Gasteiger partial charge in [-0.25, -0.2) is 0 Å². The van der Waals surface area contributed by atoms with E-state index in [-0.39, 0.29) is 5.91 Å². The Balaban J connectivity index is 1.78. The van der Waals surface area contributed by atoms with E-state index in [1.165, 1.54) is 16.8 Å². The fraction of sp³-hybridized carbons (Fsp3) is 0. The number of rotatable bonds is 3. The summed E-state index contributed by atoms with van der Waals surface area (Å²) < 4.78 is 0.370. The van der Waals surface area contributed by atoms with Gasteiger partial charge in [-0.3, -0.25) is 4.79 Å². The van der Waals surface area contributed by atoms with E-state index < -0.39 is 0 Å². The highest BCUT2D eigenvalue weighted by Gasteiger charge is 2.31. The molecule has 2 aromatic rings. The molecule has 0 N–H and O–H groups in total. The summed E-state index contributed by atoms with van der Waals surface area (Å²) in [6.07, 6.45) is 3.30. The molecular formula is C18H10ClN3OS2. The van der Waals surface area contributed by atoms with Crippen LogP contribution < -0.4 is 0 Å². The second kappa shape index (κ2) is 7.62. The van der Waals surface area contributed by atoms with Crippen molar-refractivity contribution in [3.63, 3.8) is 0 Å². The molecule has 2 aromatic carbocycles. The topological polar surface area (TPSA) is 56.5 Å². The van der Waals surface area contributed by atoms with Crippen molar-refractivity contribution >= 4 is 58.1 Å². The van der Waals surface area contributed by atoms with Crippen LogP contribution in [0.15, 0.2) is 58.5 Å². The Bertz CT molecular complexity index is 928. The van der Waals surface area contributed by atoms with Gasteiger partial charge in [0, 0.05) is 5.02 Å². The standard InChI is InChI=1S/C18H10ClN3OS2/c19-15-7-5-14(6-8-15)11-21-22-17(23)16(25-18(22)24)9-12-1-3-13(10-20)4-2-12/h1-9,11H/b16-9+,21-11+. The second-order valence-corrected chi connectivity index (χ2v) is 7.14. The maximum absolute atomic E-state index is 12.5. The van der Waals surface area contributed by atoms with Crippen molar-refractivity contribution in [2.45, 2.75) is 0 Å². The summed E-state index contributed by atoms with van der Waals surface area (Å²) in [5, 5.41) is 14.8. The van der Waals surface area contributed by atoms with Crippen LogP contribution >= 0.6 is 35.6 Å². The molecule has 25 heavy (non-hydrogen) atoms. The first kappa shape index (κ1) is 17.4. The van der Waals surface area contributed by atoms with Crippen LogP contribution in [0.4, 0.5) is 0 Å². The molecule has 4 nitrogen and oxygen atoms in total. The smallest absolute Gasteiger partial charge is 0.266 e. The molecule has 1 aliphatic heterocycles. The van der Waals surface area contributed by atoms with Crippen molar-refractivity contribution in [3.05, 3.63) is 75.1 Å². The lowest BCUT2D eigenvalue weighted by Crippen LogP contribution is -2.22. The average molecular weight is 384 g/mol. The third-order valence-electron chi connectivity index (χ3n) is 3.30. The molecule has 0 aliphatic carbocycles. The lowest BCUT2D eigenvalue weighted by Gasteiger charge is -2.06. The molecular weight excluding hydrogens is 374 g/mol. The molecule has 1 heterocycles. The zero-order chi connectivity index (χ0) is 17.8. The minimum atomic E-state index is -0.274. The van der Waals surface area contributed by atoms with Gasteiger partial charge in [-0.2, -0.15) is 15.4 Å². The minimum absolute atomic E-state index is 0.274. The number of benzene rings is 2. The van der Waals surface area contributed by atoms with E-state index in [0.717, 1.165) is 11.1 Å². The lowest BCUT2D eigenvalue weighted by atomic mass is 10.1. The Labute approximate surface area is 159 Å². The van der Waals surface area contributed by atoms with E-state index in [9.17, 15) is 4.79 Å². The van der Waals surface area contributed by atoms with E-state index in [1.807, 2.05) is 0 Å². The van der Waals surface area contributed by atoms with Crippen LogP contribution in [0.5, 0.6) is 0 Å². The third-order valence-corrected chi connectivity index (χ3v) is 4.84. The molecule has 0 bridgehead atoms. The Morgan fingerprint density at radius 2 is 1.76 bits per heavy atom. The summed E-state index contributed by atoms with van der Waals surface area (Å²) in [4.78, 5) is 13.0. The number of hydrazone groups is 1. The van der Waals surface area contributed by atoms with Crippen molar-refractivity contribution in [3.8, 4) is 6.07 Å². The summed E-state index contributed by atoms with van der Waals surface area (Å²) in [5.74, 6) is -0.274. The van der Waals surface area contributed by atoms with Crippen molar-refractivity contribution in [1.29, 1.82) is 5.26 Å². The maximum atomic E-state index is 12.5. The Kier molecular flexibility index (Phi) is 5.29. The highest BCUT2D eigenvalue weighted by atomic mass is 35.5. The molecule has 7 heteroatoms. The fourth-order valence-electron chi connectivity index (χ4n) is 2.04. The summed E-state index contributed by atoms with van der Waals surface area (Å²) >= 11 is 12.3. The van der Waals surface area contributed by atoms with Gasteiger partial charge in [0.05, 0.1) is 22.8 Å². The highest BCUT2D eigenvalue weighted by Crippen LogP contribution is 2.32. The largest absolute Gasteiger partial charge is 0.286 e. The van der Waals surface area contributed by atoms with Gasteiger partial charge in [0.2, 0.25) is 0 Å². The van der Waals surface area contributed by atoms with Gasteiger partial charge in [-0.15, -0.1) is 0 Å². The van der Waals surface area contributed by atoms with Crippen molar-refractivity contribution in [2.24, 2.45) is 5.10 Å². The first-order chi connectivity index (χ1) is 12.1. The summed E-state index contributed by atoms with van der Waals surface area (Å²) in [6, 6.07) is 16.1. The average Bonchev–Trinajstić information content (AvgIpc) is 2.89. The minimum Gasteiger partial charge on any atom is -0.266 e. The number of thioether (sulfide) groups is 1. The van der Waals surface area contributed by atoms with Crippen LogP contribution in [0.25, 0.3) is 6.08 Å². The van der Waals surface area contributed by atoms with E-state index in [4.69, 9.17) is 29.1 Å². The second-order valence-electron chi connectivity index (χ2n) is 5.02. The van der Waals surface area contributed by atoms with E-state index >= 15 is 0 Å². The lowest BCUT2D eigenvalue weighted by molar-refractivity contribution is -0.122. The number of nitriles is 1. The first-order valence-corrected chi connectivity index (χ1v) is 8.75. The van der Waals surface area contributed by atoms with Crippen LogP contribution in [0.1, 0.15) is 16.7 Å². The van der Waals surface area contributed by atoms with Crippen LogP contribution in [-0.4, -0.2) is 21.5 Å². The monoisotopic (exact) mass is 383 g/mol. The third kappa shape index (κ3) is 4.15. The fourth-order valence-corrected chi connectivity index (χ4v) is 3.34. The maximum Gasteiger partial charge on any atom is 0.286 e. The number of hydrogen-bond acceptors (Lipinski definition) is 5. The van der Waals surface area contributed by atoms with Gasteiger partial charge < -0.3 is 0 Å². The quantitative estimate of drug-likeness (QED) is 0.446. The van der Waals surface area contributed by atoms with Crippen molar-refractivity contribution in [1.82, 2.24) is 5.01 Å². The van der Waals surface area contributed by atoms with Crippen LogP contribution in [0.2, 0.25) is 5.02 Å². The Morgan fingerprint density at radius 3 is 2.40 bits per heavy atom. The van der Waals surface area contributed by atoms with Gasteiger partial charge >= 0.3 is 0 Å². The van der Waals surface area contributed by atoms with Gasteiger partial charge in [0.25, 0.3) is 5.91 Å². The summed E-state index contributed by atoms with van der Waals surface area (Å²) in [7, 11) is 0. The van der Waals surface area contributed by atoms with Crippen molar-refractivity contribution < 1.29 is 4.79 Å². The number of halogens is 1. The highest BCUT2D eigenvalue weighted by molar-refractivity contribution is 8.26. The van der Waals surface area contributed by atoms with Crippen LogP contribution in [-0.2, 0) is 4.79 Å².